The lowest BCUT2D eigenvalue weighted by atomic mass is 10.0. The Balaban J connectivity index is 1.18. The smallest absolute Gasteiger partial charge is 0.336 e. The highest BCUT2D eigenvalue weighted by Gasteiger charge is 2.36. The van der Waals surface area contributed by atoms with Gasteiger partial charge in [-0.3, -0.25) is 4.79 Å². The lowest BCUT2D eigenvalue weighted by Gasteiger charge is -2.23. The molecule has 9 heteroatoms. The topological polar surface area (TPSA) is 135 Å². The van der Waals surface area contributed by atoms with Crippen LogP contribution in [-0.4, -0.2) is 60.0 Å². The van der Waals surface area contributed by atoms with Gasteiger partial charge < -0.3 is 29.4 Å². The van der Waals surface area contributed by atoms with Crippen LogP contribution in [0, 0.1) is 0 Å². The number of carbonyl (C=O) groups is 3. The Morgan fingerprint density at radius 3 is 2.18 bits per heavy atom. The molecule has 0 bridgehead atoms. The zero-order chi connectivity index (χ0) is 31.1. The lowest BCUT2D eigenvalue weighted by molar-refractivity contribution is -0.172. The van der Waals surface area contributed by atoms with Gasteiger partial charge >= 0.3 is 11.9 Å². The van der Waals surface area contributed by atoms with Crippen molar-refractivity contribution in [1.29, 1.82) is 0 Å². The van der Waals surface area contributed by atoms with Gasteiger partial charge in [0.2, 0.25) is 0 Å². The summed E-state index contributed by atoms with van der Waals surface area (Å²) in [5.41, 5.74) is 2.12. The summed E-state index contributed by atoms with van der Waals surface area (Å²) in [7, 11) is 0. The molecule has 0 fully saturated rings. The molecular weight excluding hydrogens is 562 g/mol. The molecule has 2 atom stereocenters. The van der Waals surface area contributed by atoms with E-state index in [9.17, 15) is 19.5 Å². The SMILES string of the molecule is O=C(O)COC(C(=O)O)C(OCCCCCc1ccc2ccccc2c1)C(=O)NCCCCCCc1cc2ccccc2o1. The van der Waals surface area contributed by atoms with Crippen molar-refractivity contribution in [2.24, 2.45) is 0 Å². The average Bonchev–Trinajstić information content (AvgIpc) is 3.43. The quantitative estimate of drug-likeness (QED) is 0.102. The predicted molar refractivity (Wildman–Crippen MR) is 168 cm³/mol. The van der Waals surface area contributed by atoms with Gasteiger partial charge in [0, 0.05) is 25.0 Å². The molecule has 0 aliphatic rings. The summed E-state index contributed by atoms with van der Waals surface area (Å²) < 4.78 is 16.6. The number of furan rings is 1. The fourth-order valence-electron chi connectivity index (χ4n) is 5.21. The molecule has 2 unspecified atom stereocenters. The molecule has 0 radical (unpaired) electrons. The average molecular weight is 604 g/mol. The summed E-state index contributed by atoms with van der Waals surface area (Å²) in [5.74, 6) is -2.45. The number of para-hydroxylation sites is 1. The summed E-state index contributed by atoms with van der Waals surface area (Å²) in [4.78, 5) is 35.9. The van der Waals surface area contributed by atoms with Crippen molar-refractivity contribution in [3.05, 3.63) is 84.1 Å². The number of nitrogens with one attached hydrogen (secondary N) is 1. The van der Waals surface area contributed by atoms with E-state index < -0.39 is 36.7 Å². The zero-order valence-corrected chi connectivity index (χ0v) is 24.9. The van der Waals surface area contributed by atoms with Gasteiger partial charge in [0.05, 0.1) is 0 Å². The number of unbranched alkanes of at least 4 members (excludes halogenated alkanes) is 5. The standard InChI is InChI=1S/C35H41NO8/c37-31(38)24-43-33(35(40)41)32(42-21-11-3-4-12-25-18-19-26-13-6-7-14-27(26)22-25)34(39)36-20-10-2-1-5-16-29-23-28-15-8-9-17-30(28)44-29/h6-9,13-15,17-19,22-23,32-33H,1-5,10-12,16,20-21,24H2,(H,36,39)(H,37,38)(H,40,41). The molecule has 0 aliphatic heterocycles. The van der Waals surface area contributed by atoms with E-state index in [0.29, 0.717) is 19.4 Å². The molecule has 1 heterocycles. The number of hydrogen-bond acceptors (Lipinski definition) is 6. The third kappa shape index (κ3) is 10.2. The van der Waals surface area contributed by atoms with Crippen LogP contribution in [-0.2, 0) is 36.7 Å². The fraction of sp³-hybridized carbons (Fsp3) is 0.400. The number of carboxylic acid groups (broad SMARTS) is 2. The van der Waals surface area contributed by atoms with Gasteiger partial charge in [-0.2, -0.15) is 0 Å². The van der Waals surface area contributed by atoms with Crippen LogP contribution in [0.4, 0.5) is 0 Å². The van der Waals surface area contributed by atoms with Crippen LogP contribution >= 0.6 is 0 Å². The number of ether oxygens (including phenoxy) is 2. The number of rotatable bonds is 20. The molecule has 4 rings (SSSR count). The number of carbonyl (C=O) groups excluding carboxylic acids is 1. The maximum Gasteiger partial charge on any atom is 0.336 e. The van der Waals surface area contributed by atoms with Crippen LogP contribution in [0.5, 0.6) is 0 Å². The number of fused-ring (bicyclic) bond motifs is 2. The van der Waals surface area contributed by atoms with Gasteiger partial charge in [-0.1, -0.05) is 79.9 Å². The van der Waals surface area contributed by atoms with Crippen LogP contribution in [0.1, 0.15) is 56.3 Å². The second-order valence-corrected chi connectivity index (χ2v) is 11.0. The highest BCUT2D eigenvalue weighted by molar-refractivity contribution is 5.88. The molecule has 1 amide bonds. The summed E-state index contributed by atoms with van der Waals surface area (Å²) >= 11 is 0. The Hall–Kier alpha value is -4.21. The molecule has 3 N–H and O–H groups in total. The van der Waals surface area contributed by atoms with E-state index in [1.165, 1.54) is 16.3 Å². The van der Waals surface area contributed by atoms with E-state index in [-0.39, 0.29) is 6.61 Å². The van der Waals surface area contributed by atoms with E-state index in [1.807, 2.05) is 36.4 Å². The van der Waals surface area contributed by atoms with E-state index in [0.717, 1.165) is 61.7 Å². The van der Waals surface area contributed by atoms with Crippen molar-refractivity contribution >= 4 is 39.6 Å². The van der Waals surface area contributed by atoms with E-state index in [4.69, 9.17) is 19.0 Å². The first kappa shape index (κ1) is 32.7. The summed E-state index contributed by atoms with van der Waals surface area (Å²) in [6.07, 6.45) is 4.38. The Morgan fingerprint density at radius 2 is 1.41 bits per heavy atom. The van der Waals surface area contributed by atoms with Crippen molar-refractivity contribution in [2.45, 2.75) is 70.0 Å². The number of aryl methyl sites for hydroxylation is 2. The minimum Gasteiger partial charge on any atom is -0.480 e. The summed E-state index contributed by atoms with van der Waals surface area (Å²) in [6.45, 7) is -0.348. The minimum absolute atomic E-state index is 0.151. The Bertz CT molecular complexity index is 1480. The Morgan fingerprint density at radius 1 is 0.705 bits per heavy atom. The van der Waals surface area contributed by atoms with Gasteiger partial charge in [-0.15, -0.1) is 0 Å². The van der Waals surface area contributed by atoms with Gasteiger partial charge in [0.1, 0.15) is 18.0 Å². The molecule has 1 aromatic heterocycles. The van der Waals surface area contributed by atoms with Crippen molar-refractivity contribution in [2.75, 3.05) is 19.8 Å². The molecule has 44 heavy (non-hydrogen) atoms. The zero-order valence-electron chi connectivity index (χ0n) is 24.9. The normalized spacial score (nSPS) is 12.7. The fourth-order valence-corrected chi connectivity index (χ4v) is 5.21. The number of carboxylic acids is 2. The van der Waals surface area contributed by atoms with Crippen LogP contribution in [0.15, 0.2) is 77.2 Å². The van der Waals surface area contributed by atoms with Crippen LogP contribution in [0.3, 0.4) is 0 Å². The first-order valence-corrected chi connectivity index (χ1v) is 15.3. The molecule has 0 aliphatic carbocycles. The monoisotopic (exact) mass is 603 g/mol. The van der Waals surface area contributed by atoms with Gasteiger partial charge in [0.25, 0.3) is 5.91 Å². The number of benzene rings is 3. The molecule has 4 aromatic rings. The second-order valence-electron chi connectivity index (χ2n) is 11.0. The first-order chi connectivity index (χ1) is 21.4. The van der Waals surface area contributed by atoms with Gasteiger partial charge in [-0.25, -0.2) is 9.59 Å². The van der Waals surface area contributed by atoms with Crippen LogP contribution in [0.25, 0.3) is 21.7 Å². The second kappa shape index (κ2) is 17.2. The molecule has 0 saturated carbocycles. The first-order valence-electron chi connectivity index (χ1n) is 15.3. The van der Waals surface area contributed by atoms with Crippen LogP contribution < -0.4 is 5.32 Å². The van der Waals surface area contributed by atoms with Gasteiger partial charge in [-0.05, 0) is 60.6 Å². The highest BCUT2D eigenvalue weighted by atomic mass is 16.6. The third-order valence-corrected chi connectivity index (χ3v) is 7.51. The van der Waals surface area contributed by atoms with Crippen molar-refractivity contribution in [3.8, 4) is 0 Å². The molecule has 0 spiro atoms. The Kier molecular flexibility index (Phi) is 12.8. The molecule has 9 nitrogen and oxygen atoms in total. The van der Waals surface area contributed by atoms with Crippen molar-refractivity contribution in [1.82, 2.24) is 5.32 Å². The molecule has 0 saturated heterocycles. The maximum atomic E-state index is 13.0. The number of amides is 1. The predicted octanol–water partition coefficient (Wildman–Crippen LogP) is 6.16. The molecular formula is C35H41NO8. The van der Waals surface area contributed by atoms with Crippen LogP contribution in [0.2, 0.25) is 0 Å². The van der Waals surface area contributed by atoms with E-state index >= 15 is 0 Å². The summed E-state index contributed by atoms with van der Waals surface area (Å²) in [6, 6.07) is 24.6. The minimum atomic E-state index is -1.73. The van der Waals surface area contributed by atoms with Crippen molar-refractivity contribution in [3.63, 3.8) is 0 Å². The molecule has 3 aromatic carbocycles. The summed E-state index contributed by atoms with van der Waals surface area (Å²) in [5, 5.41) is 24.9. The maximum absolute atomic E-state index is 13.0. The Labute approximate surface area is 257 Å². The number of hydrogen-bond donors (Lipinski definition) is 3. The third-order valence-electron chi connectivity index (χ3n) is 7.51. The number of aliphatic carboxylic acids is 2. The molecule has 234 valence electrons. The van der Waals surface area contributed by atoms with E-state index in [1.54, 1.807) is 0 Å². The van der Waals surface area contributed by atoms with E-state index in [2.05, 4.69) is 41.7 Å². The largest absolute Gasteiger partial charge is 0.480 e. The van der Waals surface area contributed by atoms with Crippen molar-refractivity contribution < 1.29 is 38.5 Å². The lowest BCUT2D eigenvalue weighted by Crippen LogP contribution is -2.49. The highest BCUT2D eigenvalue weighted by Crippen LogP contribution is 2.21. The van der Waals surface area contributed by atoms with Gasteiger partial charge in [0.15, 0.2) is 12.2 Å².